The molecule has 0 aliphatic rings. The number of carbonyl (C=O) groups is 2. The maximum atomic E-state index is 12.3. The van der Waals surface area contributed by atoms with Crippen molar-refractivity contribution in [2.24, 2.45) is 5.92 Å². The lowest BCUT2D eigenvalue weighted by molar-refractivity contribution is -0.119. The van der Waals surface area contributed by atoms with Crippen LogP contribution >= 0.6 is 27.3 Å². The number of nitrogens with one attached hydrogen (secondary N) is 1. The first kappa shape index (κ1) is 16.7. The van der Waals surface area contributed by atoms with Gasteiger partial charge in [-0.3, -0.25) is 9.48 Å². The zero-order valence-corrected chi connectivity index (χ0v) is 14.8. The third kappa shape index (κ3) is 3.95. The van der Waals surface area contributed by atoms with Gasteiger partial charge >= 0.3 is 5.97 Å². The number of carbonyl (C=O) groups excluding carboxylic acids is 2. The second-order valence-corrected chi connectivity index (χ2v) is 7.03. The standard InChI is InChI=1S/C14H16BrN3O3S/c1-8(6-18-7-10(15)5-16-18)12(19)17-13-11(14(20)21-3)4-9(2)22-13/h4-5,7-8H,6H2,1-3H3,(H,17,19). The van der Waals surface area contributed by atoms with Gasteiger partial charge in [0.15, 0.2) is 0 Å². The molecule has 0 aromatic carbocycles. The lowest BCUT2D eigenvalue weighted by atomic mass is 10.1. The number of aryl methyl sites for hydroxylation is 1. The van der Waals surface area contributed by atoms with Crippen LogP contribution in [0.4, 0.5) is 5.00 Å². The molecule has 1 atom stereocenters. The lowest BCUT2D eigenvalue weighted by Crippen LogP contribution is -2.25. The number of nitrogens with zero attached hydrogens (tertiary/aromatic N) is 2. The molecule has 2 heterocycles. The number of esters is 1. The second kappa shape index (κ2) is 7.06. The number of halogens is 1. The molecule has 8 heteroatoms. The fourth-order valence-corrected chi connectivity index (χ4v) is 3.14. The fraction of sp³-hybridized carbons (Fsp3) is 0.357. The largest absolute Gasteiger partial charge is 0.465 e. The van der Waals surface area contributed by atoms with E-state index in [-0.39, 0.29) is 11.8 Å². The molecule has 6 nitrogen and oxygen atoms in total. The summed E-state index contributed by atoms with van der Waals surface area (Å²) in [4.78, 5) is 24.9. The van der Waals surface area contributed by atoms with E-state index < -0.39 is 5.97 Å². The van der Waals surface area contributed by atoms with Crippen LogP contribution in [0.1, 0.15) is 22.2 Å². The molecule has 0 spiro atoms. The van der Waals surface area contributed by atoms with Crippen LogP contribution in [-0.2, 0) is 16.1 Å². The molecular weight excluding hydrogens is 370 g/mol. The Morgan fingerprint density at radius 3 is 2.86 bits per heavy atom. The van der Waals surface area contributed by atoms with Crippen molar-refractivity contribution in [2.75, 3.05) is 12.4 Å². The van der Waals surface area contributed by atoms with Gasteiger partial charge in [-0.05, 0) is 28.9 Å². The predicted molar refractivity (Wildman–Crippen MR) is 88.1 cm³/mol. The van der Waals surface area contributed by atoms with Crippen molar-refractivity contribution in [2.45, 2.75) is 20.4 Å². The van der Waals surface area contributed by atoms with Crippen LogP contribution < -0.4 is 5.32 Å². The maximum Gasteiger partial charge on any atom is 0.340 e. The van der Waals surface area contributed by atoms with Crippen molar-refractivity contribution in [3.05, 3.63) is 33.4 Å². The van der Waals surface area contributed by atoms with Crippen LogP contribution in [0.5, 0.6) is 0 Å². The van der Waals surface area contributed by atoms with Gasteiger partial charge in [0.2, 0.25) is 5.91 Å². The number of methoxy groups -OCH3 is 1. The minimum Gasteiger partial charge on any atom is -0.465 e. The monoisotopic (exact) mass is 385 g/mol. The minimum atomic E-state index is -0.455. The van der Waals surface area contributed by atoms with Crippen molar-refractivity contribution in [1.82, 2.24) is 9.78 Å². The number of amides is 1. The van der Waals surface area contributed by atoms with Gasteiger partial charge in [-0.2, -0.15) is 5.10 Å². The van der Waals surface area contributed by atoms with Gasteiger partial charge in [0.1, 0.15) is 5.00 Å². The second-order valence-electron chi connectivity index (χ2n) is 4.86. The third-order valence-electron chi connectivity index (χ3n) is 3.01. The summed E-state index contributed by atoms with van der Waals surface area (Å²) in [6, 6.07) is 1.71. The number of hydrogen-bond donors (Lipinski definition) is 1. The Bertz CT molecular complexity index is 695. The van der Waals surface area contributed by atoms with Gasteiger partial charge in [0, 0.05) is 11.1 Å². The van der Waals surface area contributed by atoms with E-state index in [1.807, 2.05) is 13.8 Å². The molecular formula is C14H16BrN3O3S. The zero-order chi connectivity index (χ0) is 16.3. The third-order valence-corrected chi connectivity index (χ3v) is 4.38. The summed E-state index contributed by atoms with van der Waals surface area (Å²) < 4.78 is 7.28. The van der Waals surface area contributed by atoms with Gasteiger partial charge in [-0.25, -0.2) is 4.79 Å². The van der Waals surface area contributed by atoms with Gasteiger partial charge in [0.25, 0.3) is 0 Å². The highest BCUT2D eigenvalue weighted by atomic mass is 79.9. The Labute approximate surface area is 140 Å². The quantitative estimate of drug-likeness (QED) is 0.802. The molecule has 1 N–H and O–H groups in total. The van der Waals surface area contributed by atoms with Gasteiger partial charge in [-0.1, -0.05) is 6.92 Å². The molecule has 2 aromatic heterocycles. The summed E-state index contributed by atoms with van der Waals surface area (Å²) >= 11 is 4.67. The van der Waals surface area contributed by atoms with E-state index in [1.54, 1.807) is 23.1 Å². The Morgan fingerprint density at radius 2 is 2.27 bits per heavy atom. The Kier molecular flexibility index (Phi) is 5.36. The van der Waals surface area contributed by atoms with E-state index in [0.29, 0.717) is 17.1 Å². The van der Waals surface area contributed by atoms with E-state index in [4.69, 9.17) is 4.74 Å². The highest BCUT2D eigenvalue weighted by Crippen LogP contribution is 2.28. The predicted octanol–water partition coefficient (Wildman–Crippen LogP) is 3.08. The van der Waals surface area contributed by atoms with Crippen LogP contribution in [0.25, 0.3) is 0 Å². The molecule has 1 amide bonds. The number of thiophene rings is 1. The molecule has 1 unspecified atom stereocenters. The zero-order valence-electron chi connectivity index (χ0n) is 12.4. The average Bonchev–Trinajstić information content (AvgIpc) is 3.03. The van der Waals surface area contributed by atoms with Crippen molar-refractivity contribution in [3.63, 3.8) is 0 Å². The molecule has 0 fully saturated rings. The van der Waals surface area contributed by atoms with Crippen molar-refractivity contribution in [1.29, 1.82) is 0 Å². The molecule has 0 saturated heterocycles. The summed E-state index contributed by atoms with van der Waals surface area (Å²) in [5, 5.41) is 7.44. The van der Waals surface area contributed by atoms with Crippen molar-refractivity contribution < 1.29 is 14.3 Å². The van der Waals surface area contributed by atoms with Crippen LogP contribution in [0.2, 0.25) is 0 Å². The van der Waals surface area contributed by atoms with E-state index in [2.05, 4.69) is 26.3 Å². The first-order chi connectivity index (χ1) is 10.4. The SMILES string of the molecule is COC(=O)c1cc(C)sc1NC(=O)C(C)Cn1cc(Br)cn1. The molecule has 22 heavy (non-hydrogen) atoms. The van der Waals surface area contributed by atoms with Crippen LogP contribution in [-0.4, -0.2) is 28.8 Å². The molecule has 0 radical (unpaired) electrons. The molecule has 0 bridgehead atoms. The van der Waals surface area contributed by atoms with Crippen molar-refractivity contribution in [3.8, 4) is 0 Å². The molecule has 118 valence electrons. The van der Waals surface area contributed by atoms with Gasteiger partial charge in [0.05, 0.1) is 35.8 Å². The fourth-order valence-electron chi connectivity index (χ4n) is 1.91. The summed E-state index contributed by atoms with van der Waals surface area (Å²) in [5.41, 5.74) is 0.382. The number of aromatic nitrogens is 2. The van der Waals surface area contributed by atoms with Crippen molar-refractivity contribution >= 4 is 44.1 Å². The summed E-state index contributed by atoms with van der Waals surface area (Å²) in [6.07, 6.45) is 3.47. The molecule has 2 aromatic rings. The molecule has 0 aliphatic heterocycles. The molecule has 0 aliphatic carbocycles. The average molecular weight is 386 g/mol. The first-order valence-electron chi connectivity index (χ1n) is 6.58. The number of anilines is 1. The Morgan fingerprint density at radius 1 is 1.55 bits per heavy atom. The van der Waals surface area contributed by atoms with Crippen LogP contribution in [0.3, 0.4) is 0 Å². The van der Waals surface area contributed by atoms with Gasteiger partial charge in [-0.15, -0.1) is 11.3 Å². The first-order valence-corrected chi connectivity index (χ1v) is 8.19. The van der Waals surface area contributed by atoms with Gasteiger partial charge < -0.3 is 10.1 Å². The van der Waals surface area contributed by atoms with E-state index in [1.165, 1.54) is 18.4 Å². The maximum absolute atomic E-state index is 12.3. The Hall–Kier alpha value is -1.67. The number of rotatable bonds is 5. The molecule has 2 rings (SSSR count). The summed E-state index contributed by atoms with van der Waals surface area (Å²) in [5.74, 6) is -0.915. The smallest absolute Gasteiger partial charge is 0.340 e. The van der Waals surface area contributed by atoms with E-state index in [9.17, 15) is 9.59 Å². The topological polar surface area (TPSA) is 73.2 Å². The van der Waals surface area contributed by atoms with Crippen LogP contribution in [0.15, 0.2) is 22.9 Å². The molecule has 0 saturated carbocycles. The number of ether oxygens (including phenoxy) is 1. The minimum absolute atomic E-state index is 0.168. The van der Waals surface area contributed by atoms with Crippen LogP contribution in [0, 0.1) is 12.8 Å². The lowest BCUT2D eigenvalue weighted by Gasteiger charge is -2.12. The summed E-state index contributed by atoms with van der Waals surface area (Å²) in [7, 11) is 1.32. The number of hydrogen-bond acceptors (Lipinski definition) is 5. The summed E-state index contributed by atoms with van der Waals surface area (Å²) in [6.45, 7) is 4.13. The normalized spacial score (nSPS) is 12.0. The van der Waals surface area contributed by atoms with E-state index in [0.717, 1.165) is 9.35 Å². The highest BCUT2D eigenvalue weighted by Gasteiger charge is 2.20. The highest BCUT2D eigenvalue weighted by molar-refractivity contribution is 9.10. The Balaban J connectivity index is 2.06. The van der Waals surface area contributed by atoms with E-state index >= 15 is 0 Å².